The molecule has 0 heterocycles. The van der Waals surface area contributed by atoms with Gasteiger partial charge in [0.1, 0.15) is 12.4 Å². The van der Waals surface area contributed by atoms with Crippen molar-refractivity contribution in [3.05, 3.63) is 23.2 Å². The Morgan fingerprint density at radius 3 is 2.28 bits per heavy atom. The first-order valence-corrected chi connectivity index (χ1v) is 10.4. The van der Waals surface area contributed by atoms with Crippen molar-refractivity contribution in [2.75, 3.05) is 32.2 Å². The normalized spacial score (nSPS) is 12.3. The van der Waals surface area contributed by atoms with Crippen molar-refractivity contribution in [2.24, 2.45) is 5.92 Å². The average molecular weight is 430 g/mol. The molecule has 0 bridgehead atoms. The van der Waals surface area contributed by atoms with Crippen LogP contribution in [0.15, 0.2) is 18.2 Å². The molecule has 0 aliphatic carbocycles. The van der Waals surface area contributed by atoms with Gasteiger partial charge < -0.3 is 24.7 Å². The Morgan fingerprint density at radius 1 is 1.03 bits per heavy atom. The van der Waals surface area contributed by atoms with E-state index >= 15 is 0 Å². The van der Waals surface area contributed by atoms with Gasteiger partial charge in [-0.2, -0.15) is 0 Å². The van der Waals surface area contributed by atoms with Crippen molar-refractivity contribution in [3.63, 3.8) is 0 Å². The number of rotatable bonds is 13. The van der Waals surface area contributed by atoms with Crippen LogP contribution in [0.3, 0.4) is 0 Å². The Hall–Kier alpha value is -1.50. The third kappa shape index (κ3) is 11.9. The molecule has 29 heavy (non-hydrogen) atoms. The summed E-state index contributed by atoms with van der Waals surface area (Å²) in [6.45, 7) is 13.2. The van der Waals surface area contributed by atoms with E-state index in [1.54, 1.807) is 18.2 Å². The van der Waals surface area contributed by atoms with Crippen molar-refractivity contribution in [1.29, 1.82) is 0 Å². The molecule has 6 nitrogen and oxygen atoms in total. The smallest absolute Gasteiger partial charge is 0.332 e. The predicted molar refractivity (Wildman–Crippen MR) is 116 cm³/mol. The molecule has 166 valence electrons. The zero-order valence-corrected chi connectivity index (χ0v) is 19.3. The molecule has 0 fully saturated rings. The molecular weight excluding hydrogens is 394 g/mol. The van der Waals surface area contributed by atoms with Crippen LogP contribution in [0, 0.1) is 5.92 Å². The zero-order chi connectivity index (χ0) is 22.1. The van der Waals surface area contributed by atoms with E-state index in [0.717, 1.165) is 0 Å². The standard InChI is InChI=1S/C22H36ClNO5/c1-16(2)14-27-20(25)15-29-22(5,6)8-10-28-21(3,4)7-9-26-19-12-17(23)11-18(24)13-19/h11-13,16H,7-10,14-15,24H2,1-6H3. The van der Waals surface area contributed by atoms with Crippen molar-refractivity contribution >= 4 is 23.3 Å². The van der Waals surface area contributed by atoms with Crippen LogP contribution in [0.1, 0.15) is 54.4 Å². The molecule has 0 spiro atoms. The number of ether oxygens (including phenoxy) is 4. The van der Waals surface area contributed by atoms with Gasteiger partial charge in [0.25, 0.3) is 0 Å². The third-order valence-corrected chi connectivity index (χ3v) is 4.44. The highest BCUT2D eigenvalue weighted by Crippen LogP contribution is 2.24. The van der Waals surface area contributed by atoms with E-state index in [2.05, 4.69) is 0 Å². The van der Waals surface area contributed by atoms with Gasteiger partial charge in [0.15, 0.2) is 0 Å². The second kappa shape index (κ2) is 11.6. The van der Waals surface area contributed by atoms with Crippen LogP contribution in [0.4, 0.5) is 5.69 Å². The number of hydrogen-bond donors (Lipinski definition) is 1. The van der Waals surface area contributed by atoms with Crippen LogP contribution in [0.5, 0.6) is 5.75 Å². The topological polar surface area (TPSA) is 80.0 Å². The minimum absolute atomic E-state index is 0.0558. The summed E-state index contributed by atoms with van der Waals surface area (Å²) in [6.07, 6.45) is 1.35. The van der Waals surface area contributed by atoms with Gasteiger partial charge in [-0.1, -0.05) is 25.4 Å². The maximum Gasteiger partial charge on any atom is 0.332 e. The summed E-state index contributed by atoms with van der Waals surface area (Å²) in [5.41, 5.74) is 5.49. The van der Waals surface area contributed by atoms with E-state index in [4.69, 9.17) is 36.3 Å². The van der Waals surface area contributed by atoms with Gasteiger partial charge in [0.05, 0.1) is 31.0 Å². The number of nitrogen functional groups attached to an aromatic ring is 1. The Kier molecular flexibility index (Phi) is 10.2. The molecule has 1 aromatic carbocycles. The van der Waals surface area contributed by atoms with E-state index in [1.165, 1.54) is 0 Å². The zero-order valence-electron chi connectivity index (χ0n) is 18.5. The molecule has 0 unspecified atom stereocenters. The Morgan fingerprint density at radius 2 is 1.66 bits per heavy atom. The van der Waals surface area contributed by atoms with E-state index in [0.29, 0.717) is 55.0 Å². The number of anilines is 1. The molecule has 0 saturated carbocycles. The van der Waals surface area contributed by atoms with Gasteiger partial charge in [-0.05, 0) is 52.2 Å². The Bertz CT molecular complexity index is 626. The van der Waals surface area contributed by atoms with Gasteiger partial charge in [0, 0.05) is 23.2 Å². The monoisotopic (exact) mass is 429 g/mol. The van der Waals surface area contributed by atoms with Crippen molar-refractivity contribution < 1.29 is 23.7 Å². The van der Waals surface area contributed by atoms with E-state index in [9.17, 15) is 4.79 Å². The fourth-order valence-corrected chi connectivity index (χ4v) is 2.59. The molecule has 0 aliphatic rings. The van der Waals surface area contributed by atoms with Crippen LogP contribution >= 0.6 is 11.6 Å². The highest BCUT2D eigenvalue weighted by Gasteiger charge is 2.24. The number of halogens is 1. The van der Waals surface area contributed by atoms with Crippen molar-refractivity contribution in [1.82, 2.24) is 0 Å². The maximum atomic E-state index is 11.7. The lowest BCUT2D eigenvalue weighted by Crippen LogP contribution is -2.33. The summed E-state index contributed by atoms with van der Waals surface area (Å²) >= 11 is 5.98. The van der Waals surface area contributed by atoms with Crippen molar-refractivity contribution in [2.45, 2.75) is 65.6 Å². The summed E-state index contributed by atoms with van der Waals surface area (Å²) < 4.78 is 22.6. The average Bonchev–Trinajstić information content (AvgIpc) is 2.56. The number of benzene rings is 1. The van der Waals surface area contributed by atoms with Gasteiger partial charge in [-0.15, -0.1) is 0 Å². The largest absolute Gasteiger partial charge is 0.493 e. The van der Waals surface area contributed by atoms with E-state index in [1.807, 2.05) is 41.5 Å². The lowest BCUT2D eigenvalue weighted by Gasteiger charge is -2.29. The summed E-state index contributed by atoms with van der Waals surface area (Å²) in [7, 11) is 0. The molecule has 2 N–H and O–H groups in total. The van der Waals surface area contributed by atoms with E-state index in [-0.39, 0.29) is 18.2 Å². The molecule has 1 rings (SSSR count). The summed E-state index contributed by atoms with van der Waals surface area (Å²) in [5, 5.41) is 0.547. The summed E-state index contributed by atoms with van der Waals surface area (Å²) in [5.74, 6) is 0.610. The SMILES string of the molecule is CC(C)COC(=O)COC(C)(C)CCOC(C)(C)CCOc1cc(N)cc(Cl)c1. The highest BCUT2D eigenvalue weighted by molar-refractivity contribution is 6.31. The molecule has 0 radical (unpaired) electrons. The number of nitrogens with two attached hydrogens (primary N) is 1. The quantitative estimate of drug-likeness (QED) is 0.356. The molecule has 0 aliphatic heterocycles. The fourth-order valence-electron chi connectivity index (χ4n) is 2.36. The van der Waals surface area contributed by atoms with Gasteiger partial charge in [-0.25, -0.2) is 4.79 Å². The maximum absolute atomic E-state index is 11.7. The third-order valence-electron chi connectivity index (χ3n) is 4.22. The van der Waals surface area contributed by atoms with Gasteiger partial charge in [-0.3, -0.25) is 0 Å². The molecule has 0 amide bonds. The molecular formula is C22H36ClNO5. The lowest BCUT2D eigenvalue weighted by atomic mass is 10.0. The molecule has 0 atom stereocenters. The van der Waals surface area contributed by atoms with Gasteiger partial charge in [0.2, 0.25) is 0 Å². The number of esters is 1. The number of carbonyl (C=O) groups excluding carboxylic acids is 1. The molecule has 0 aromatic heterocycles. The van der Waals surface area contributed by atoms with E-state index < -0.39 is 5.60 Å². The first-order valence-electron chi connectivity index (χ1n) is 10.0. The second-order valence-corrected chi connectivity index (χ2v) is 9.24. The van der Waals surface area contributed by atoms with Crippen LogP contribution in [-0.2, 0) is 19.0 Å². The van der Waals surface area contributed by atoms with Crippen LogP contribution in [0.2, 0.25) is 5.02 Å². The van der Waals surface area contributed by atoms with Crippen molar-refractivity contribution in [3.8, 4) is 5.75 Å². The molecule has 1 aromatic rings. The van der Waals surface area contributed by atoms with Crippen LogP contribution in [-0.4, -0.2) is 43.6 Å². The number of carbonyl (C=O) groups is 1. The second-order valence-electron chi connectivity index (χ2n) is 8.80. The lowest BCUT2D eigenvalue weighted by molar-refractivity contribution is -0.157. The first-order chi connectivity index (χ1) is 13.4. The minimum atomic E-state index is -0.484. The molecule has 7 heteroatoms. The fraction of sp³-hybridized carbons (Fsp3) is 0.682. The van der Waals surface area contributed by atoms with Crippen LogP contribution in [0.25, 0.3) is 0 Å². The predicted octanol–water partition coefficient (Wildman–Crippen LogP) is 4.87. The summed E-state index contributed by atoms with van der Waals surface area (Å²) in [6, 6.07) is 5.15. The minimum Gasteiger partial charge on any atom is -0.493 e. The Labute approximate surface area is 180 Å². The summed E-state index contributed by atoms with van der Waals surface area (Å²) in [4.78, 5) is 11.7. The first kappa shape index (κ1) is 25.5. The van der Waals surface area contributed by atoms with Crippen LogP contribution < -0.4 is 10.5 Å². The van der Waals surface area contributed by atoms with Gasteiger partial charge >= 0.3 is 5.97 Å². The molecule has 0 saturated heterocycles. The highest BCUT2D eigenvalue weighted by atomic mass is 35.5. The number of hydrogen-bond acceptors (Lipinski definition) is 6. The Balaban J connectivity index is 2.30.